The molecule has 0 radical (unpaired) electrons. The van der Waals surface area contributed by atoms with E-state index < -0.39 is 10.0 Å². The molecule has 1 aliphatic heterocycles. The Hall–Kier alpha value is -1.00. The van der Waals surface area contributed by atoms with Crippen LogP contribution in [0.1, 0.15) is 23.5 Å². The van der Waals surface area contributed by atoms with Gasteiger partial charge in [0.15, 0.2) is 0 Å². The minimum atomic E-state index is -3.66. The van der Waals surface area contributed by atoms with Crippen molar-refractivity contribution >= 4 is 27.3 Å². The first-order valence-electron chi connectivity index (χ1n) is 7.63. The Kier molecular flexibility index (Phi) is 6.54. The molecular weight excluding hydrogens is 338 g/mol. The maximum atomic E-state index is 12.7. The molecule has 2 rings (SSSR count). The summed E-state index contributed by atoms with van der Waals surface area (Å²) in [5.74, 6) is -0.350. The molecule has 23 heavy (non-hydrogen) atoms. The van der Waals surface area contributed by atoms with Gasteiger partial charge in [0.05, 0.1) is 13.2 Å². The lowest BCUT2D eigenvalue weighted by atomic mass is 10.3. The number of nitrogens with zero attached hydrogens (tertiary/aromatic N) is 1. The molecule has 0 spiro atoms. The van der Waals surface area contributed by atoms with Gasteiger partial charge in [-0.3, -0.25) is 4.79 Å². The van der Waals surface area contributed by atoms with Crippen LogP contribution in [0.2, 0.25) is 0 Å². The van der Waals surface area contributed by atoms with Crippen LogP contribution in [0.5, 0.6) is 0 Å². The van der Waals surface area contributed by atoms with Gasteiger partial charge in [0.25, 0.3) is 5.91 Å². The highest BCUT2D eigenvalue weighted by Gasteiger charge is 2.31. The van der Waals surface area contributed by atoms with Crippen LogP contribution >= 0.6 is 11.3 Å². The number of likely N-dealkylation sites (N-methyl/N-ethyl adjacent to an activating group) is 1. The van der Waals surface area contributed by atoms with Crippen molar-refractivity contribution in [2.24, 2.45) is 0 Å². The van der Waals surface area contributed by atoms with Gasteiger partial charge in [-0.05, 0) is 24.9 Å². The highest BCUT2D eigenvalue weighted by Crippen LogP contribution is 2.25. The molecule has 0 bridgehead atoms. The fourth-order valence-electron chi connectivity index (χ4n) is 2.34. The number of amides is 1. The van der Waals surface area contributed by atoms with Crippen LogP contribution in [0.25, 0.3) is 0 Å². The summed E-state index contributed by atoms with van der Waals surface area (Å²) in [7, 11) is -3.66. The largest absolute Gasteiger partial charge is 0.379 e. The van der Waals surface area contributed by atoms with E-state index in [1.807, 2.05) is 13.8 Å². The first kappa shape index (κ1) is 18.3. The second-order valence-electron chi connectivity index (χ2n) is 5.30. The normalized spacial score (nSPS) is 17.8. The van der Waals surface area contributed by atoms with Crippen LogP contribution in [-0.2, 0) is 14.8 Å². The lowest BCUT2D eigenvalue weighted by Crippen LogP contribution is -2.42. The highest BCUT2D eigenvalue weighted by molar-refractivity contribution is 7.89. The monoisotopic (exact) mass is 361 g/mol. The Morgan fingerprint density at radius 1 is 1.43 bits per heavy atom. The molecular formula is C14H23N3O4S2. The van der Waals surface area contributed by atoms with Gasteiger partial charge in [0, 0.05) is 25.7 Å². The molecule has 2 heterocycles. The maximum absolute atomic E-state index is 12.7. The molecule has 1 saturated heterocycles. The Morgan fingerprint density at radius 3 is 2.78 bits per heavy atom. The molecule has 0 aromatic carbocycles. The Morgan fingerprint density at radius 2 is 2.13 bits per heavy atom. The van der Waals surface area contributed by atoms with Gasteiger partial charge in [0.1, 0.15) is 9.77 Å². The summed E-state index contributed by atoms with van der Waals surface area (Å²) < 4.78 is 32.0. The molecule has 1 aromatic rings. The summed E-state index contributed by atoms with van der Waals surface area (Å²) in [4.78, 5) is 12.6. The number of carbonyl (C=O) groups is 1. The van der Waals surface area contributed by atoms with Crippen molar-refractivity contribution in [3.8, 4) is 0 Å². The van der Waals surface area contributed by atoms with Gasteiger partial charge >= 0.3 is 0 Å². The Bertz CT molecular complexity index is 624. The predicted molar refractivity (Wildman–Crippen MR) is 89.4 cm³/mol. The van der Waals surface area contributed by atoms with E-state index in [1.54, 1.807) is 5.38 Å². The maximum Gasteiger partial charge on any atom is 0.262 e. The van der Waals surface area contributed by atoms with E-state index in [0.29, 0.717) is 32.8 Å². The van der Waals surface area contributed by atoms with Crippen LogP contribution < -0.4 is 10.6 Å². The molecule has 1 aliphatic rings. The van der Waals surface area contributed by atoms with Crippen LogP contribution in [0.4, 0.5) is 0 Å². The first-order chi connectivity index (χ1) is 11.0. The van der Waals surface area contributed by atoms with Crippen molar-refractivity contribution in [2.75, 3.05) is 39.4 Å². The van der Waals surface area contributed by atoms with Crippen molar-refractivity contribution in [1.29, 1.82) is 0 Å². The summed E-state index contributed by atoms with van der Waals surface area (Å²) >= 11 is 1.14. The molecule has 9 heteroatoms. The number of nitrogens with one attached hydrogen (secondary N) is 2. The first-order valence-corrected chi connectivity index (χ1v) is 9.95. The number of morpholine rings is 1. The zero-order chi connectivity index (χ0) is 16.9. The van der Waals surface area contributed by atoms with E-state index in [-0.39, 0.29) is 21.7 Å². The smallest absolute Gasteiger partial charge is 0.262 e. The third-order valence-corrected chi connectivity index (χ3v) is 6.53. The summed E-state index contributed by atoms with van der Waals surface area (Å²) in [5, 5.41) is 7.61. The summed E-state index contributed by atoms with van der Waals surface area (Å²) in [6, 6.07) is 1.63. The zero-order valence-corrected chi connectivity index (χ0v) is 15.0. The summed E-state index contributed by atoms with van der Waals surface area (Å²) in [6.07, 6.45) is 0. The topological polar surface area (TPSA) is 87.7 Å². The average Bonchev–Trinajstić information content (AvgIpc) is 3.04. The number of carbonyl (C=O) groups excluding carboxylic acids is 1. The number of sulfonamides is 1. The molecule has 0 aliphatic carbocycles. The molecule has 0 unspecified atom stereocenters. The minimum absolute atomic E-state index is 0.0815. The fraction of sp³-hybridized carbons (Fsp3) is 0.643. The quantitative estimate of drug-likeness (QED) is 0.738. The molecule has 0 saturated carbocycles. The molecule has 130 valence electrons. The van der Waals surface area contributed by atoms with Gasteiger partial charge in [-0.2, -0.15) is 4.31 Å². The standard InChI is InChI=1S/C14H23N3O4S2/c1-3-15-11(2)10-16-14(18)13-12(4-9-22-13)23(19,20)17-5-7-21-8-6-17/h4,9,11,15H,3,5-8,10H2,1-2H3,(H,16,18)/t11-/m1/s1. The van der Waals surface area contributed by atoms with Crippen molar-refractivity contribution in [3.63, 3.8) is 0 Å². The van der Waals surface area contributed by atoms with Crippen molar-refractivity contribution in [1.82, 2.24) is 14.9 Å². The van der Waals surface area contributed by atoms with Gasteiger partial charge in [0.2, 0.25) is 10.0 Å². The fourth-order valence-corrected chi connectivity index (χ4v) is 5.06. The van der Waals surface area contributed by atoms with E-state index in [0.717, 1.165) is 17.9 Å². The van der Waals surface area contributed by atoms with E-state index in [9.17, 15) is 13.2 Å². The van der Waals surface area contributed by atoms with Crippen molar-refractivity contribution in [2.45, 2.75) is 24.8 Å². The van der Waals surface area contributed by atoms with E-state index in [2.05, 4.69) is 10.6 Å². The Balaban J connectivity index is 2.10. The highest BCUT2D eigenvalue weighted by atomic mass is 32.2. The number of ether oxygens (including phenoxy) is 1. The number of hydrogen-bond donors (Lipinski definition) is 2. The van der Waals surface area contributed by atoms with Crippen LogP contribution in [0, 0.1) is 0 Å². The number of rotatable bonds is 7. The second kappa shape index (κ2) is 8.20. The van der Waals surface area contributed by atoms with Gasteiger partial charge in [-0.25, -0.2) is 8.42 Å². The van der Waals surface area contributed by atoms with E-state index in [4.69, 9.17) is 4.74 Å². The molecule has 2 N–H and O–H groups in total. The van der Waals surface area contributed by atoms with Crippen LogP contribution in [0.15, 0.2) is 16.3 Å². The molecule has 1 aromatic heterocycles. The predicted octanol–water partition coefficient (Wildman–Crippen LogP) is 0.497. The summed E-state index contributed by atoms with van der Waals surface area (Å²) in [5.41, 5.74) is 0. The van der Waals surface area contributed by atoms with E-state index >= 15 is 0 Å². The minimum Gasteiger partial charge on any atom is -0.379 e. The zero-order valence-electron chi connectivity index (χ0n) is 13.4. The van der Waals surface area contributed by atoms with Crippen molar-refractivity contribution in [3.05, 3.63) is 16.3 Å². The third-order valence-electron chi connectivity index (χ3n) is 3.54. The number of thiophene rings is 1. The lowest BCUT2D eigenvalue weighted by molar-refractivity contribution is 0.0730. The Labute approximate surface area is 141 Å². The van der Waals surface area contributed by atoms with E-state index in [1.165, 1.54) is 10.4 Å². The lowest BCUT2D eigenvalue weighted by Gasteiger charge is -2.26. The van der Waals surface area contributed by atoms with Gasteiger partial charge in [-0.15, -0.1) is 11.3 Å². The third kappa shape index (κ3) is 4.51. The van der Waals surface area contributed by atoms with Crippen molar-refractivity contribution < 1.29 is 17.9 Å². The molecule has 7 nitrogen and oxygen atoms in total. The molecule has 1 atom stereocenters. The second-order valence-corrected chi connectivity index (χ2v) is 8.12. The van der Waals surface area contributed by atoms with Gasteiger partial charge in [-0.1, -0.05) is 6.92 Å². The molecule has 1 fully saturated rings. The number of hydrogen-bond acceptors (Lipinski definition) is 6. The summed E-state index contributed by atoms with van der Waals surface area (Å²) in [6.45, 7) is 6.60. The van der Waals surface area contributed by atoms with Gasteiger partial charge < -0.3 is 15.4 Å². The van der Waals surface area contributed by atoms with Crippen LogP contribution in [0.3, 0.4) is 0 Å². The van der Waals surface area contributed by atoms with Crippen LogP contribution in [-0.4, -0.2) is 64.1 Å². The molecule has 1 amide bonds. The SMILES string of the molecule is CCN[C@H](C)CNC(=O)c1sccc1S(=O)(=O)N1CCOCC1. The average molecular weight is 361 g/mol.